The van der Waals surface area contributed by atoms with Gasteiger partial charge < -0.3 is 18.5 Å². The van der Waals surface area contributed by atoms with Gasteiger partial charge in [0.2, 0.25) is 0 Å². The molecule has 0 radical (unpaired) electrons. The van der Waals surface area contributed by atoms with Crippen molar-refractivity contribution in [2.75, 3.05) is 0 Å². The molecule has 0 fully saturated rings. The first-order valence-corrected chi connectivity index (χ1v) is 22.3. The highest BCUT2D eigenvalue weighted by Crippen LogP contribution is 2.52. The fourth-order valence-electron chi connectivity index (χ4n) is 6.85. The zero-order valence-corrected chi connectivity index (χ0v) is 38.9. The minimum absolute atomic E-state index is 0.0277. The van der Waals surface area contributed by atoms with Crippen LogP contribution in [0.25, 0.3) is 32.9 Å². The molecule has 58 heavy (non-hydrogen) atoms. The van der Waals surface area contributed by atoms with E-state index >= 15 is 0 Å². The number of pyridine rings is 2. The number of ether oxygens (including phenoxy) is 2. The first kappa shape index (κ1) is 43.3. The van der Waals surface area contributed by atoms with Crippen molar-refractivity contribution in [1.82, 2.24) is 9.97 Å². The van der Waals surface area contributed by atoms with Gasteiger partial charge in [-0.15, -0.1) is 0 Å². The van der Waals surface area contributed by atoms with E-state index in [9.17, 15) is 0 Å². The third-order valence-electron chi connectivity index (χ3n) is 10.2. The van der Waals surface area contributed by atoms with E-state index in [1.54, 1.807) is 0 Å². The van der Waals surface area contributed by atoms with Crippen LogP contribution in [0.2, 0.25) is 0 Å². The van der Waals surface area contributed by atoms with E-state index in [1.165, 1.54) is 11.1 Å². The monoisotopic (exact) mass is 816 g/mol. The van der Waals surface area contributed by atoms with Crippen LogP contribution >= 0.6 is 17.6 Å². The summed E-state index contributed by atoms with van der Waals surface area (Å²) in [5, 5.41) is 2.09. The van der Waals surface area contributed by atoms with Crippen molar-refractivity contribution in [3.8, 4) is 34.1 Å². The summed E-state index contributed by atoms with van der Waals surface area (Å²) in [5.41, 5.74) is 8.05. The van der Waals surface area contributed by atoms with Gasteiger partial charge in [0.05, 0.1) is 11.0 Å². The summed E-state index contributed by atoms with van der Waals surface area (Å²) in [4.78, 5) is 8.95. The fraction of sp³-hybridized carbons (Fsp3) is 0.400. The second kappa shape index (κ2) is 16.8. The predicted molar refractivity (Wildman–Crippen MR) is 248 cm³/mol. The first-order valence-electron chi connectivity index (χ1n) is 20.3. The number of fused-ring (bicyclic) bond motifs is 2. The molecule has 0 amide bonds. The lowest BCUT2D eigenvalue weighted by molar-refractivity contribution is 0.295. The van der Waals surface area contributed by atoms with Crippen molar-refractivity contribution in [1.29, 1.82) is 0 Å². The average Bonchev–Trinajstić information content (AvgIpc) is 3.14. The molecule has 306 valence electrons. The smallest absolute Gasteiger partial charge is 0.148 e. The number of benzene rings is 4. The Morgan fingerprint density at radius 1 is 0.466 bits per heavy atom. The molecule has 0 bridgehead atoms. The molecule has 4 aromatic carbocycles. The predicted octanol–water partition coefficient (Wildman–Crippen LogP) is 14.4. The molecule has 0 aliphatic carbocycles. The van der Waals surface area contributed by atoms with Crippen molar-refractivity contribution in [2.24, 2.45) is 0 Å². The molecule has 0 aliphatic rings. The summed E-state index contributed by atoms with van der Waals surface area (Å²) in [7, 11) is 0.0555. The highest BCUT2D eigenvalue weighted by atomic mass is 31.1. The molecule has 2 heterocycles. The van der Waals surface area contributed by atoms with E-state index in [4.69, 9.17) is 18.5 Å². The lowest BCUT2D eigenvalue weighted by atomic mass is 9.75. The van der Waals surface area contributed by atoms with Crippen LogP contribution in [0.5, 0.6) is 23.0 Å². The van der Waals surface area contributed by atoms with E-state index in [1.807, 2.05) is 60.9 Å². The van der Waals surface area contributed by atoms with Gasteiger partial charge in [-0.2, -0.15) is 0 Å². The van der Waals surface area contributed by atoms with Gasteiger partial charge >= 0.3 is 0 Å². The Balaban J connectivity index is 1.46. The lowest BCUT2D eigenvalue weighted by Crippen LogP contribution is -2.20. The summed E-state index contributed by atoms with van der Waals surface area (Å²) in [6.07, 6.45) is 3.63. The summed E-state index contributed by atoms with van der Waals surface area (Å²) < 4.78 is 27.2. The van der Waals surface area contributed by atoms with E-state index in [0.717, 1.165) is 67.1 Å². The Hall–Kier alpha value is -4.24. The molecule has 0 spiro atoms. The Bertz CT molecular complexity index is 2230. The van der Waals surface area contributed by atoms with E-state index < -0.39 is 0 Å². The van der Waals surface area contributed by atoms with Crippen LogP contribution < -0.4 is 18.5 Å². The molecule has 6 aromatic rings. The van der Waals surface area contributed by atoms with Gasteiger partial charge in [-0.3, -0.25) is 9.97 Å². The van der Waals surface area contributed by atoms with Gasteiger partial charge in [0.15, 0.2) is 0 Å². The van der Waals surface area contributed by atoms with Crippen LogP contribution in [0.15, 0.2) is 97.3 Å². The number of aromatic nitrogens is 2. The van der Waals surface area contributed by atoms with Crippen molar-refractivity contribution < 1.29 is 18.5 Å². The molecule has 0 saturated heterocycles. The van der Waals surface area contributed by atoms with Crippen molar-refractivity contribution in [2.45, 2.75) is 130 Å². The number of hydrogen-bond acceptors (Lipinski definition) is 6. The zero-order chi connectivity index (χ0) is 42.2. The topological polar surface area (TPSA) is 62.7 Å². The molecule has 0 N–H and O–H groups in total. The average molecular weight is 817 g/mol. The van der Waals surface area contributed by atoms with Crippen LogP contribution in [-0.4, -0.2) is 21.7 Å². The third-order valence-corrected chi connectivity index (χ3v) is 11.8. The SMILES string of the molecule is CC(Oc1ccc2ncccc2c1)POc1c(-c2cc(C(C)(C)C)cc(C(C)(C)C)c2OPC(C)Oc2ccc3ncccc3c2)cc(C(C)(C)C)cc1C(C)(C)C. The zero-order valence-electron chi connectivity index (χ0n) is 36.9. The van der Waals surface area contributed by atoms with Gasteiger partial charge in [0.25, 0.3) is 0 Å². The van der Waals surface area contributed by atoms with Crippen molar-refractivity contribution >= 4 is 39.4 Å². The molecular weight excluding hydrogens is 755 g/mol. The van der Waals surface area contributed by atoms with E-state index in [-0.39, 0.29) is 51.0 Å². The second-order valence-corrected chi connectivity index (χ2v) is 22.0. The molecule has 4 unspecified atom stereocenters. The van der Waals surface area contributed by atoms with Gasteiger partial charge in [0.1, 0.15) is 52.3 Å². The van der Waals surface area contributed by atoms with Crippen LogP contribution in [-0.2, 0) is 21.7 Å². The summed E-state index contributed by atoms with van der Waals surface area (Å²) in [5.74, 6) is 2.91. The Morgan fingerprint density at radius 3 is 1.19 bits per heavy atom. The highest BCUT2D eigenvalue weighted by molar-refractivity contribution is 7.33. The maximum absolute atomic E-state index is 7.09. The molecular formula is C50H62N2O4P2. The number of nitrogens with zero attached hydrogens (tertiary/aromatic N) is 2. The largest absolute Gasteiger partial charge is 0.483 e. The Morgan fingerprint density at radius 2 is 0.845 bits per heavy atom. The maximum atomic E-state index is 7.09. The van der Waals surface area contributed by atoms with E-state index in [0.29, 0.717) is 0 Å². The standard InChI is InChI=1S/C50H62N2O4P2/c1-31(53-37-19-21-43-33(25-37)17-15-23-51-43)57-55-45-39(27-35(47(3,4)5)29-41(45)49(9,10)11)40-28-36(48(6,7)8)30-42(50(12,13)14)46(40)56-58-32(2)54-38-20-22-44-34(26-38)18-16-24-52-44/h15-32,57-58H,1-14H3. The normalized spacial score (nSPS) is 14.1. The van der Waals surface area contributed by atoms with E-state index in [2.05, 4.69) is 143 Å². The van der Waals surface area contributed by atoms with Crippen LogP contribution in [0.1, 0.15) is 119 Å². The summed E-state index contributed by atoms with van der Waals surface area (Å²) >= 11 is 0. The summed E-state index contributed by atoms with van der Waals surface area (Å²) in [6.45, 7) is 31.4. The van der Waals surface area contributed by atoms with Crippen LogP contribution in [0.4, 0.5) is 0 Å². The summed E-state index contributed by atoms with van der Waals surface area (Å²) in [6, 6.07) is 29.5. The lowest BCUT2D eigenvalue weighted by Gasteiger charge is -2.33. The molecule has 0 saturated carbocycles. The number of rotatable bonds is 11. The number of hydrogen-bond donors (Lipinski definition) is 0. The van der Waals surface area contributed by atoms with Crippen molar-refractivity contribution in [3.05, 3.63) is 120 Å². The highest BCUT2D eigenvalue weighted by Gasteiger charge is 2.32. The van der Waals surface area contributed by atoms with Gasteiger partial charge in [0, 0.05) is 45.4 Å². The molecule has 6 rings (SSSR count). The van der Waals surface area contributed by atoms with Gasteiger partial charge in [-0.05, 0) is 107 Å². The first-order chi connectivity index (χ1) is 27.1. The third kappa shape index (κ3) is 10.3. The molecule has 2 aromatic heterocycles. The minimum atomic E-state index is -0.222. The second-order valence-electron chi connectivity index (χ2n) is 19.5. The minimum Gasteiger partial charge on any atom is -0.483 e. The van der Waals surface area contributed by atoms with Crippen LogP contribution in [0.3, 0.4) is 0 Å². The van der Waals surface area contributed by atoms with Crippen molar-refractivity contribution in [3.63, 3.8) is 0 Å². The van der Waals surface area contributed by atoms with Gasteiger partial charge in [-0.25, -0.2) is 0 Å². The van der Waals surface area contributed by atoms with Crippen LogP contribution in [0, 0.1) is 0 Å². The fourth-order valence-corrected chi connectivity index (χ4v) is 8.23. The quantitative estimate of drug-likeness (QED) is 0.121. The van der Waals surface area contributed by atoms with Gasteiger partial charge in [-0.1, -0.05) is 107 Å². The molecule has 8 heteroatoms. The molecule has 4 atom stereocenters. The molecule has 6 nitrogen and oxygen atoms in total. The molecule has 0 aliphatic heterocycles. The Labute approximate surface area is 350 Å². The maximum Gasteiger partial charge on any atom is 0.148 e. The Kier molecular flexibility index (Phi) is 12.5.